The van der Waals surface area contributed by atoms with E-state index < -0.39 is 53.8 Å². The van der Waals surface area contributed by atoms with E-state index in [9.17, 15) is 23.2 Å². The normalized spacial score (nSPS) is 17.7. The van der Waals surface area contributed by atoms with E-state index in [0.29, 0.717) is 18.2 Å². The number of terminal acetylenes is 1. The number of para-hydroxylation sites is 1. The number of nitrogens with zero attached hydrogens (tertiary/aromatic N) is 2. The fourth-order valence-electron chi connectivity index (χ4n) is 4.90. The smallest absolute Gasteiger partial charge is 0.251 e. The molecule has 0 saturated carbocycles. The summed E-state index contributed by atoms with van der Waals surface area (Å²) in [5, 5.41) is 0. The summed E-state index contributed by atoms with van der Waals surface area (Å²) in [6.07, 6.45) is 5.42. The number of amides is 3. The van der Waals surface area contributed by atoms with E-state index in [1.165, 1.54) is 11.8 Å². The van der Waals surface area contributed by atoms with Gasteiger partial charge in [-0.3, -0.25) is 24.2 Å². The molecule has 6 nitrogen and oxygen atoms in total. The molecule has 0 bridgehead atoms. The molecule has 3 atom stereocenters. The second-order valence-electron chi connectivity index (χ2n) is 9.27. The lowest BCUT2D eigenvalue weighted by Gasteiger charge is -2.36. The Kier molecular flexibility index (Phi) is 7.99. The van der Waals surface area contributed by atoms with E-state index in [4.69, 9.17) is 12.2 Å². The molecule has 0 aromatic heterocycles. The minimum atomic E-state index is -1.30. The quantitative estimate of drug-likeness (QED) is 0.509. The first-order chi connectivity index (χ1) is 18.2. The number of halogens is 2. The van der Waals surface area contributed by atoms with Gasteiger partial charge in [0, 0.05) is 17.7 Å². The van der Waals surface area contributed by atoms with Crippen molar-refractivity contribution < 1.29 is 23.2 Å². The molecule has 0 spiro atoms. The van der Waals surface area contributed by atoms with Gasteiger partial charge in [-0.2, -0.15) is 0 Å². The summed E-state index contributed by atoms with van der Waals surface area (Å²) >= 11 is 0. The van der Waals surface area contributed by atoms with Crippen LogP contribution in [0.3, 0.4) is 0 Å². The average Bonchev–Trinajstić information content (AvgIpc) is 2.99. The molecule has 1 aliphatic rings. The Morgan fingerprint density at radius 1 is 1.08 bits per heavy atom. The molecular weight excluding hydrogens is 488 g/mol. The molecule has 194 valence electrons. The third-order valence-electron chi connectivity index (χ3n) is 6.55. The van der Waals surface area contributed by atoms with Crippen LogP contribution in [0.15, 0.2) is 72.8 Å². The number of hydrogen-bond donors (Lipinski definition) is 1. The second kappa shape index (κ2) is 11.4. The summed E-state index contributed by atoms with van der Waals surface area (Å²) in [4.78, 5) is 43.7. The number of anilines is 1. The number of fused-ring (bicyclic) bond motifs is 1. The van der Waals surface area contributed by atoms with Crippen molar-refractivity contribution in [3.05, 3.63) is 101 Å². The fraction of sp³-hybridized carbons (Fsp3) is 0.233. The van der Waals surface area contributed by atoms with Crippen LogP contribution in [0.1, 0.15) is 29.5 Å². The summed E-state index contributed by atoms with van der Waals surface area (Å²) in [6, 6.07) is 16.6. The van der Waals surface area contributed by atoms with Gasteiger partial charge in [-0.05, 0) is 48.2 Å². The fourth-order valence-corrected chi connectivity index (χ4v) is 4.90. The molecule has 8 heteroatoms. The summed E-state index contributed by atoms with van der Waals surface area (Å²) in [7, 11) is 0. The molecule has 3 aromatic rings. The first-order valence-electron chi connectivity index (χ1n) is 12.2. The maximum absolute atomic E-state index is 14.2. The van der Waals surface area contributed by atoms with Crippen LogP contribution in [0, 0.1) is 24.0 Å². The minimum Gasteiger partial charge on any atom is -0.320 e. The van der Waals surface area contributed by atoms with E-state index in [1.54, 1.807) is 12.1 Å². The van der Waals surface area contributed by atoms with Gasteiger partial charge < -0.3 is 5.73 Å². The van der Waals surface area contributed by atoms with Crippen LogP contribution in [-0.4, -0.2) is 41.2 Å². The summed E-state index contributed by atoms with van der Waals surface area (Å²) in [5.74, 6) is -1.99. The minimum absolute atomic E-state index is 0.0241. The summed E-state index contributed by atoms with van der Waals surface area (Å²) in [6.45, 7) is 1.33. The van der Waals surface area contributed by atoms with Crippen molar-refractivity contribution in [1.29, 1.82) is 0 Å². The van der Waals surface area contributed by atoms with Crippen LogP contribution in [-0.2, 0) is 27.2 Å². The number of benzene rings is 3. The Balaban J connectivity index is 1.88. The zero-order valence-electron chi connectivity index (χ0n) is 20.8. The highest BCUT2D eigenvalue weighted by Crippen LogP contribution is 2.37. The van der Waals surface area contributed by atoms with E-state index in [-0.39, 0.29) is 12.1 Å². The maximum Gasteiger partial charge on any atom is 0.251 e. The van der Waals surface area contributed by atoms with E-state index in [0.717, 1.165) is 28.2 Å². The lowest BCUT2D eigenvalue weighted by atomic mass is 9.85. The molecule has 3 aromatic carbocycles. The van der Waals surface area contributed by atoms with Crippen molar-refractivity contribution in [2.45, 2.75) is 37.8 Å². The standard InChI is InChI=1S/C30H27F2N3O3/c1-3-13-34-26-12-8-7-11-22(26)17-25(21-9-5-4-6-10-21)28(30(34)38)35(29(37)19(2)33)27(36)16-20-14-23(31)18-24(32)15-20/h1,4-12,14-15,18-19,25,28H,13,16-17,33H2,2H3/t19-,25?,28+/m0/s1. The van der Waals surface area contributed by atoms with E-state index >= 15 is 0 Å². The van der Waals surface area contributed by atoms with Crippen molar-refractivity contribution in [3.8, 4) is 12.3 Å². The molecule has 4 rings (SSSR count). The third kappa shape index (κ3) is 5.48. The molecule has 0 radical (unpaired) electrons. The molecule has 1 aliphatic heterocycles. The van der Waals surface area contributed by atoms with Crippen molar-refractivity contribution >= 4 is 23.4 Å². The topological polar surface area (TPSA) is 83.7 Å². The van der Waals surface area contributed by atoms with Crippen molar-refractivity contribution in [2.24, 2.45) is 5.73 Å². The maximum atomic E-state index is 14.2. The average molecular weight is 516 g/mol. The van der Waals surface area contributed by atoms with Gasteiger partial charge in [-0.15, -0.1) is 6.42 Å². The molecule has 38 heavy (non-hydrogen) atoms. The highest BCUT2D eigenvalue weighted by Gasteiger charge is 2.45. The number of hydrogen-bond acceptors (Lipinski definition) is 4. The monoisotopic (exact) mass is 515 g/mol. The van der Waals surface area contributed by atoms with Crippen molar-refractivity contribution in [1.82, 2.24) is 4.90 Å². The van der Waals surface area contributed by atoms with Crippen LogP contribution in [0.2, 0.25) is 0 Å². The van der Waals surface area contributed by atoms with Crippen molar-refractivity contribution in [3.63, 3.8) is 0 Å². The van der Waals surface area contributed by atoms with Gasteiger partial charge in [0.25, 0.3) is 5.91 Å². The first kappa shape index (κ1) is 26.7. The number of carbonyl (C=O) groups is 3. The van der Waals surface area contributed by atoms with Gasteiger partial charge in [-0.1, -0.05) is 54.5 Å². The zero-order chi connectivity index (χ0) is 27.4. The van der Waals surface area contributed by atoms with Gasteiger partial charge in [0.15, 0.2) is 0 Å². The highest BCUT2D eigenvalue weighted by atomic mass is 19.1. The van der Waals surface area contributed by atoms with Crippen LogP contribution in [0.5, 0.6) is 0 Å². The largest absolute Gasteiger partial charge is 0.320 e. The molecule has 1 unspecified atom stereocenters. The number of rotatable bonds is 6. The van der Waals surface area contributed by atoms with E-state index in [2.05, 4.69) is 5.92 Å². The van der Waals surface area contributed by atoms with Gasteiger partial charge >= 0.3 is 0 Å². The Bertz CT molecular complexity index is 1380. The lowest BCUT2D eigenvalue weighted by Crippen LogP contribution is -2.59. The Morgan fingerprint density at radius 3 is 2.34 bits per heavy atom. The predicted octanol–water partition coefficient (Wildman–Crippen LogP) is 3.58. The van der Waals surface area contributed by atoms with Gasteiger partial charge in [-0.25, -0.2) is 8.78 Å². The molecule has 0 fully saturated rings. The second-order valence-corrected chi connectivity index (χ2v) is 9.27. The van der Waals surface area contributed by atoms with Gasteiger partial charge in [0.1, 0.15) is 17.7 Å². The van der Waals surface area contributed by atoms with Crippen molar-refractivity contribution in [2.75, 3.05) is 11.4 Å². The Morgan fingerprint density at radius 2 is 1.71 bits per heavy atom. The van der Waals surface area contributed by atoms with Gasteiger partial charge in [0.2, 0.25) is 11.8 Å². The predicted molar refractivity (Wildman–Crippen MR) is 140 cm³/mol. The molecule has 2 N–H and O–H groups in total. The number of imide groups is 1. The van der Waals surface area contributed by atoms with Crippen LogP contribution in [0.4, 0.5) is 14.5 Å². The van der Waals surface area contributed by atoms with Crippen LogP contribution in [0.25, 0.3) is 0 Å². The zero-order valence-corrected chi connectivity index (χ0v) is 20.8. The number of nitrogens with two attached hydrogens (primary N) is 1. The molecule has 0 aliphatic carbocycles. The SMILES string of the molecule is C#CCN1C(=O)[C@H](N(C(=O)Cc2cc(F)cc(F)c2)C(=O)[C@H](C)N)C(c2ccccc2)Cc2ccccc21. The molecule has 1 heterocycles. The summed E-state index contributed by atoms with van der Waals surface area (Å²) < 4.78 is 27.8. The molecular formula is C30H27F2N3O3. The Labute approximate surface area is 220 Å². The van der Waals surface area contributed by atoms with Gasteiger partial charge in [0.05, 0.1) is 19.0 Å². The van der Waals surface area contributed by atoms with Crippen LogP contribution >= 0.6 is 0 Å². The first-order valence-corrected chi connectivity index (χ1v) is 12.2. The molecule has 3 amide bonds. The Hall–Kier alpha value is -4.35. The number of carbonyl (C=O) groups excluding carboxylic acids is 3. The molecule has 0 saturated heterocycles. The van der Waals surface area contributed by atoms with Crippen LogP contribution < -0.4 is 10.6 Å². The van der Waals surface area contributed by atoms with E-state index in [1.807, 2.05) is 42.5 Å². The third-order valence-corrected chi connectivity index (χ3v) is 6.55. The summed E-state index contributed by atoms with van der Waals surface area (Å²) in [5.41, 5.74) is 8.11. The lowest BCUT2D eigenvalue weighted by molar-refractivity contribution is -0.152. The highest BCUT2D eigenvalue weighted by molar-refractivity contribution is 6.07.